The average molecular weight is 251 g/mol. The molecule has 0 aromatic heterocycles. The zero-order chi connectivity index (χ0) is 13.9. The van der Waals surface area contributed by atoms with E-state index in [1.54, 1.807) is 12.1 Å². The maximum absolute atomic E-state index is 9.47. The lowest BCUT2D eigenvalue weighted by Crippen LogP contribution is -2.34. The summed E-state index contributed by atoms with van der Waals surface area (Å²) in [5, 5.41) is 22.4. The van der Waals surface area contributed by atoms with Gasteiger partial charge in [-0.25, -0.2) is 0 Å². The molecule has 0 saturated carbocycles. The van der Waals surface area contributed by atoms with Crippen LogP contribution in [-0.2, 0) is 0 Å². The van der Waals surface area contributed by atoms with Gasteiger partial charge in [0.25, 0.3) is 0 Å². The van der Waals surface area contributed by atoms with Crippen LogP contribution < -0.4 is 5.32 Å². The highest BCUT2D eigenvalue weighted by atomic mass is 16.3. The number of benzene rings is 1. The van der Waals surface area contributed by atoms with E-state index in [9.17, 15) is 10.2 Å². The van der Waals surface area contributed by atoms with Gasteiger partial charge in [0.15, 0.2) is 0 Å². The average Bonchev–Trinajstić information content (AvgIpc) is 2.24. The Kier molecular flexibility index (Phi) is 4.63. The third kappa shape index (κ3) is 3.91. The summed E-state index contributed by atoms with van der Waals surface area (Å²) in [5.74, 6) is 0.790. The van der Waals surface area contributed by atoms with E-state index in [4.69, 9.17) is 0 Å². The summed E-state index contributed by atoms with van der Waals surface area (Å²) in [6.07, 6.45) is 0. The van der Waals surface area contributed by atoms with Gasteiger partial charge in [0.05, 0.1) is 0 Å². The van der Waals surface area contributed by atoms with Crippen LogP contribution in [0.1, 0.15) is 46.2 Å². The Hall–Kier alpha value is -1.22. The Morgan fingerprint density at radius 1 is 1.06 bits per heavy atom. The number of rotatable bonds is 5. The Labute approximate surface area is 110 Å². The van der Waals surface area contributed by atoms with Crippen molar-refractivity contribution in [1.29, 1.82) is 0 Å². The minimum Gasteiger partial charge on any atom is -0.508 e. The molecule has 0 fully saturated rings. The second-order valence-electron chi connectivity index (χ2n) is 6.03. The largest absolute Gasteiger partial charge is 0.508 e. The molecule has 1 aromatic rings. The summed E-state index contributed by atoms with van der Waals surface area (Å²) >= 11 is 0. The van der Waals surface area contributed by atoms with Gasteiger partial charge >= 0.3 is 0 Å². The minimum absolute atomic E-state index is 0.0982. The van der Waals surface area contributed by atoms with Crippen molar-refractivity contribution >= 4 is 0 Å². The van der Waals surface area contributed by atoms with Gasteiger partial charge in [-0.3, -0.25) is 0 Å². The molecule has 3 heteroatoms. The van der Waals surface area contributed by atoms with Gasteiger partial charge in [-0.2, -0.15) is 0 Å². The van der Waals surface area contributed by atoms with Gasteiger partial charge in [0, 0.05) is 18.7 Å². The number of aromatic hydroxyl groups is 2. The first-order valence-corrected chi connectivity index (χ1v) is 6.48. The molecule has 0 aliphatic carbocycles. The van der Waals surface area contributed by atoms with Crippen LogP contribution in [-0.4, -0.2) is 16.8 Å². The van der Waals surface area contributed by atoms with Gasteiger partial charge < -0.3 is 15.5 Å². The fraction of sp³-hybridized carbons (Fsp3) is 0.600. The van der Waals surface area contributed by atoms with Crippen molar-refractivity contribution in [2.24, 2.45) is 11.3 Å². The fourth-order valence-electron chi connectivity index (χ4n) is 1.61. The lowest BCUT2D eigenvalue weighted by atomic mass is 9.81. The van der Waals surface area contributed by atoms with Crippen molar-refractivity contribution in [3.05, 3.63) is 23.8 Å². The number of hydrogen-bond donors (Lipinski definition) is 3. The predicted molar refractivity (Wildman–Crippen MR) is 74.8 cm³/mol. The summed E-state index contributed by atoms with van der Waals surface area (Å²) in [6.45, 7) is 11.8. The van der Waals surface area contributed by atoms with Crippen LogP contribution in [0.5, 0.6) is 11.5 Å². The van der Waals surface area contributed by atoms with Crippen LogP contribution in [0.15, 0.2) is 18.2 Å². The topological polar surface area (TPSA) is 52.5 Å². The van der Waals surface area contributed by atoms with E-state index in [0.29, 0.717) is 5.92 Å². The summed E-state index contributed by atoms with van der Waals surface area (Å²) in [5.41, 5.74) is 1.11. The highest BCUT2D eigenvalue weighted by molar-refractivity contribution is 5.37. The molecule has 0 spiro atoms. The standard InChI is InChI=1S/C15H25NO2/c1-10(2)15(4,5)9-16-11(3)12-6-13(17)8-14(18)7-12/h6-8,10-11,16-18H,9H2,1-5H3. The van der Waals surface area contributed by atoms with E-state index >= 15 is 0 Å². The maximum atomic E-state index is 9.47. The second kappa shape index (κ2) is 5.61. The molecule has 102 valence electrons. The van der Waals surface area contributed by atoms with E-state index in [2.05, 4.69) is 33.0 Å². The molecule has 18 heavy (non-hydrogen) atoms. The summed E-state index contributed by atoms with van der Waals surface area (Å²) in [4.78, 5) is 0. The van der Waals surface area contributed by atoms with Crippen molar-refractivity contribution in [2.45, 2.75) is 40.7 Å². The van der Waals surface area contributed by atoms with E-state index in [-0.39, 0.29) is 23.0 Å². The molecule has 3 nitrogen and oxygen atoms in total. The molecule has 0 heterocycles. The van der Waals surface area contributed by atoms with Gasteiger partial charge in [0.2, 0.25) is 0 Å². The Bertz CT molecular complexity index is 379. The minimum atomic E-state index is 0.0982. The zero-order valence-electron chi connectivity index (χ0n) is 12.0. The van der Waals surface area contributed by atoms with Gasteiger partial charge in [0.1, 0.15) is 11.5 Å². The van der Waals surface area contributed by atoms with Gasteiger partial charge in [-0.05, 0) is 36.0 Å². The molecule has 0 aliphatic rings. The molecule has 1 unspecified atom stereocenters. The number of hydrogen-bond acceptors (Lipinski definition) is 3. The molecule has 0 amide bonds. The number of nitrogens with one attached hydrogen (secondary N) is 1. The first kappa shape index (κ1) is 14.8. The molecule has 0 aliphatic heterocycles. The molecule has 1 atom stereocenters. The van der Waals surface area contributed by atoms with E-state index in [0.717, 1.165) is 12.1 Å². The quantitative estimate of drug-likeness (QED) is 0.751. The Morgan fingerprint density at radius 2 is 1.56 bits per heavy atom. The summed E-state index contributed by atoms with van der Waals surface area (Å²) in [6, 6.07) is 4.80. The number of phenols is 2. The second-order valence-corrected chi connectivity index (χ2v) is 6.03. The van der Waals surface area contributed by atoms with E-state index in [1.165, 1.54) is 6.07 Å². The summed E-state index contributed by atoms with van der Waals surface area (Å²) in [7, 11) is 0. The monoisotopic (exact) mass is 251 g/mol. The van der Waals surface area contributed by atoms with E-state index < -0.39 is 0 Å². The maximum Gasteiger partial charge on any atom is 0.119 e. The van der Waals surface area contributed by atoms with Crippen molar-refractivity contribution in [1.82, 2.24) is 5.32 Å². The molecule has 0 bridgehead atoms. The molecular formula is C15H25NO2. The lowest BCUT2D eigenvalue weighted by molar-refractivity contribution is 0.230. The third-order valence-corrected chi connectivity index (χ3v) is 3.85. The predicted octanol–water partition coefficient (Wildman–Crippen LogP) is 3.43. The van der Waals surface area contributed by atoms with Crippen molar-refractivity contribution in [3.8, 4) is 11.5 Å². The lowest BCUT2D eigenvalue weighted by Gasteiger charge is -2.31. The molecule has 3 N–H and O–H groups in total. The van der Waals surface area contributed by atoms with Crippen molar-refractivity contribution in [2.75, 3.05) is 6.54 Å². The first-order chi connectivity index (χ1) is 8.22. The highest BCUT2D eigenvalue weighted by Gasteiger charge is 2.22. The van der Waals surface area contributed by atoms with Crippen LogP contribution >= 0.6 is 0 Å². The van der Waals surface area contributed by atoms with Crippen LogP contribution in [0, 0.1) is 11.3 Å². The summed E-state index contributed by atoms with van der Waals surface area (Å²) < 4.78 is 0. The van der Waals surface area contributed by atoms with Crippen LogP contribution in [0.3, 0.4) is 0 Å². The third-order valence-electron chi connectivity index (χ3n) is 3.85. The van der Waals surface area contributed by atoms with Crippen molar-refractivity contribution in [3.63, 3.8) is 0 Å². The van der Waals surface area contributed by atoms with Crippen LogP contribution in [0.2, 0.25) is 0 Å². The first-order valence-electron chi connectivity index (χ1n) is 6.48. The van der Waals surface area contributed by atoms with Crippen LogP contribution in [0.25, 0.3) is 0 Å². The molecular weight excluding hydrogens is 226 g/mol. The molecule has 0 radical (unpaired) electrons. The SMILES string of the molecule is CC(NCC(C)(C)C(C)C)c1cc(O)cc(O)c1. The number of phenolic OH excluding ortho intramolecular Hbond substituents is 2. The van der Waals surface area contributed by atoms with Gasteiger partial charge in [-0.15, -0.1) is 0 Å². The molecule has 0 saturated heterocycles. The highest BCUT2D eigenvalue weighted by Crippen LogP contribution is 2.28. The zero-order valence-corrected chi connectivity index (χ0v) is 12.0. The Balaban J connectivity index is 2.68. The Morgan fingerprint density at radius 3 is 2.00 bits per heavy atom. The van der Waals surface area contributed by atoms with E-state index in [1.807, 2.05) is 6.92 Å². The molecule has 1 aromatic carbocycles. The normalized spacial score (nSPS) is 13.9. The molecule has 1 rings (SSSR count). The smallest absolute Gasteiger partial charge is 0.119 e. The van der Waals surface area contributed by atoms with Crippen molar-refractivity contribution < 1.29 is 10.2 Å². The fourth-order valence-corrected chi connectivity index (χ4v) is 1.61. The van der Waals surface area contributed by atoms with Gasteiger partial charge in [-0.1, -0.05) is 27.7 Å². The van der Waals surface area contributed by atoms with Crippen LogP contribution in [0.4, 0.5) is 0 Å².